The van der Waals surface area contributed by atoms with Gasteiger partial charge >= 0.3 is 0 Å². The number of nitro benzene ring substituents is 1. The van der Waals surface area contributed by atoms with E-state index in [0.29, 0.717) is 11.1 Å². The minimum atomic E-state index is -0.465. The molecule has 0 saturated heterocycles. The molecule has 0 saturated carbocycles. The molecule has 0 aromatic heterocycles. The van der Waals surface area contributed by atoms with E-state index in [1.165, 1.54) is 12.1 Å². The van der Waals surface area contributed by atoms with Crippen molar-refractivity contribution in [2.24, 2.45) is 0 Å². The second kappa shape index (κ2) is 7.74. The number of hydrogen-bond acceptors (Lipinski definition) is 4. The van der Waals surface area contributed by atoms with Crippen molar-refractivity contribution >= 4 is 62.5 Å². The summed E-state index contributed by atoms with van der Waals surface area (Å²) in [5.41, 5.74) is 1.95. The lowest BCUT2D eigenvalue weighted by Crippen LogP contribution is -1.92. The average molecular weight is 532 g/mol. The van der Waals surface area contributed by atoms with Gasteiger partial charge in [0.2, 0.25) is 0 Å². The van der Waals surface area contributed by atoms with Gasteiger partial charge in [0.15, 0.2) is 0 Å². The van der Waals surface area contributed by atoms with Gasteiger partial charge in [0.25, 0.3) is 5.69 Å². The molecule has 0 amide bonds. The predicted octanol–water partition coefficient (Wildman–Crippen LogP) is 4.88. The van der Waals surface area contributed by atoms with Crippen molar-refractivity contribution in [3.8, 4) is 11.8 Å². The summed E-state index contributed by atoms with van der Waals surface area (Å²) >= 11 is 4.36. The van der Waals surface area contributed by atoms with Gasteiger partial charge < -0.3 is 4.74 Å². The Labute approximate surface area is 160 Å². The highest BCUT2D eigenvalue weighted by Gasteiger charge is 2.09. The first kappa shape index (κ1) is 17.7. The Kier molecular flexibility index (Phi) is 5.95. The summed E-state index contributed by atoms with van der Waals surface area (Å²) in [5, 5.41) is 20.1. The van der Waals surface area contributed by atoms with Crippen molar-refractivity contribution in [2.45, 2.75) is 0 Å². The van der Waals surface area contributed by atoms with Crippen LogP contribution >= 0.6 is 45.2 Å². The zero-order chi connectivity index (χ0) is 17.0. The molecule has 116 valence electrons. The first-order valence-corrected chi connectivity index (χ1v) is 8.51. The topological polar surface area (TPSA) is 76.2 Å². The SMILES string of the molecule is COc1c(I)cc(/C=C(/C#N)c2ccc([N+](=O)[O-])cc2)cc1I. The fourth-order valence-electron chi connectivity index (χ4n) is 1.97. The van der Waals surface area contributed by atoms with E-state index >= 15 is 0 Å². The van der Waals surface area contributed by atoms with Gasteiger partial charge in [0.05, 0.1) is 30.8 Å². The number of nitriles is 1. The fraction of sp³-hybridized carbons (Fsp3) is 0.0625. The highest BCUT2D eigenvalue weighted by atomic mass is 127. The van der Waals surface area contributed by atoms with Crippen LogP contribution in [0.5, 0.6) is 5.75 Å². The zero-order valence-electron chi connectivity index (χ0n) is 11.9. The molecule has 2 rings (SSSR count). The summed E-state index contributed by atoms with van der Waals surface area (Å²) in [4.78, 5) is 10.2. The predicted molar refractivity (Wildman–Crippen MR) is 105 cm³/mol. The summed E-state index contributed by atoms with van der Waals surface area (Å²) in [6, 6.07) is 11.9. The molecule has 0 aliphatic heterocycles. The van der Waals surface area contributed by atoms with Gasteiger partial charge in [0.1, 0.15) is 5.75 Å². The van der Waals surface area contributed by atoms with Crippen molar-refractivity contribution < 1.29 is 9.66 Å². The first-order chi connectivity index (χ1) is 11.0. The van der Waals surface area contributed by atoms with Crippen LogP contribution in [0.1, 0.15) is 11.1 Å². The Bertz CT molecular complexity index is 801. The molecule has 0 spiro atoms. The third kappa shape index (κ3) is 4.20. The lowest BCUT2D eigenvalue weighted by molar-refractivity contribution is -0.384. The third-order valence-corrected chi connectivity index (χ3v) is 4.65. The van der Waals surface area contributed by atoms with E-state index in [2.05, 4.69) is 51.3 Å². The van der Waals surface area contributed by atoms with Gasteiger partial charge in [-0.1, -0.05) is 0 Å². The molecule has 5 nitrogen and oxygen atoms in total. The molecule has 23 heavy (non-hydrogen) atoms. The van der Waals surface area contributed by atoms with Crippen molar-refractivity contribution in [1.29, 1.82) is 5.26 Å². The van der Waals surface area contributed by atoms with Crippen LogP contribution in [0.2, 0.25) is 0 Å². The Morgan fingerprint density at radius 2 is 1.83 bits per heavy atom. The Balaban J connectivity index is 2.43. The number of methoxy groups -OCH3 is 1. The van der Waals surface area contributed by atoms with E-state index in [1.807, 2.05) is 12.1 Å². The van der Waals surface area contributed by atoms with E-state index in [-0.39, 0.29) is 5.69 Å². The smallest absolute Gasteiger partial charge is 0.269 e. The maximum atomic E-state index is 10.7. The van der Waals surface area contributed by atoms with E-state index in [0.717, 1.165) is 18.5 Å². The van der Waals surface area contributed by atoms with Crippen molar-refractivity contribution in [1.82, 2.24) is 0 Å². The number of ether oxygens (including phenoxy) is 1. The standard InChI is InChI=1S/C16H10I2N2O3/c1-23-16-14(17)7-10(8-15(16)18)6-12(9-19)11-2-4-13(5-3-11)20(21)22/h2-8H,1H3/b12-6-. The van der Waals surface area contributed by atoms with Crippen LogP contribution in [-0.4, -0.2) is 12.0 Å². The number of rotatable bonds is 4. The molecule has 2 aromatic rings. The van der Waals surface area contributed by atoms with Crippen molar-refractivity contribution in [3.63, 3.8) is 0 Å². The Morgan fingerprint density at radius 1 is 1.26 bits per heavy atom. The van der Waals surface area contributed by atoms with E-state index in [1.54, 1.807) is 25.3 Å². The largest absolute Gasteiger partial charge is 0.495 e. The van der Waals surface area contributed by atoms with Gasteiger partial charge in [-0.05, 0) is 86.7 Å². The van der Waals surface area contributed by atoms with Crippen molar-refractivity contribution in [2.75, 3.05) is 7.11 Å². The molecule has 7 heteroatoms. The third-order valence-electron chi connectivity index (χ3n) is 3.05. The molecule has 2 aromatic carbocycles. The minimum Gasteiger partial charge on any atom is -0.495 e. The monoisotopic (exact) mass is 532 g/mol. The van der Waals surface area contributed by atoms with Crippen LogP contribution < -0.4 is 4.74 Å². The van der Waals surface area contributed by atoms with Crippen molar-refractivity contribution in [3.05, 3.63) is 64.8 Å². The lowest BCUT2D eigenvalue weighted by Gasteiger charge is -2.08. The van der Waals surface area contributed by atoms with Crippen LogP contribution in [0.3, 0.4) is 0 Å². The number of nitrogens with zero attached hydrogens (tertiary/aromatic N) is 2. The molecular formula is C16H10I2N2O3. The molecule has 0 heterocycles. The number of non-ortho nitro benzene ring substituents is 1. The average Bonchev–Trinajstić information content (AvgIpc) is 2.52. The lowest BCUT2D eigenvalue weighted by atomic mass is 10.0. The summed E-state index contributed by atoms with van der Waals surface area (Å²) < 4.78 is 7.21. The van der Waals surface area contributed by atoms with E-state index in [9.17, 15) is 15.4 Å². The Hall–Kier alpha value is -1.67. The summed E-state index contributed by atoms with van der Waals surface area (Å²) in [6.07, 6.45) is 1.75. The number of allylic oxidation sites excluding steroid dienone is 1. The normalized spacial score (nSPS) is 11.0. The molecule has 0 bridgehead atoms. The van der Waals surface area contributed by atoms with Crippen LogP contribution in [0.15, 0.2) is 36.4 Å². The second-order valence-corrected chi connectivity index (χ2v) is 6.82. The molecule has 0 atom stereocenters. The molecule has 0 aliphatic rings. The molecule has 0 fully saturated rings. The Morgan fingerprint density at radius 3 is 2.26 bits per heavy atom. The van der Waals surface area contributed by atoms with Crippen LogP contribution in [0.25, 0.3) is 11.6 Å². The van der Waals surface area contributed by atoms with E-state index < -0.39 is 4.92 Å². The fourth-order valence-corrected chi connectivity index (χ4v) is 4.22. The molecular weight excluding hydrogens is 522 g/mol. The zero-order valence-corrected chi connectivity index (χ0v) is 16.2. The maximum absolute atomic E-state index is 10.7. The number of nitro groups is 1. The van der Waals surface area contributed by atoms with Crippen LogP contribution in [-0.2, 0) is 0 Å². The maximum Gasteiger partial charge on any atom is 0.269 e. The van der Waals surface area contributed by atoms with Gasteiger partial charge in [-0.3, -0.25) is 10.1 Å². The number of hydrogen-bond donors (Lipinski definition) is 0. The van der Waals surface area contributed by atoms with Gasteiger partial charge in [0, 0.05) is 12.1 Å². The molecule has 0 aliphatic carbocycles. The van der Waals surface area contributed by atoms with Gasteiger partial charge in [-0.2, -0.15) is 5.26 Å². The number of benzene rings is 2. The quantitative estimate of drug-likeness (QED) is 0.185. The molecule has 0 N–H and O–H groups in total. The second-order valence-electron chi connectivity index (χ2n) is 4.49. The van der Waals surface area contributed by atoms with Crippen LogP contribution in [0, 0.1) is 28.6 Å². The summed E-state index contributed by atoms with van der Waals surface area (Å²) in [6.45, 7) is 0. The molecule has 0 radical (unpaired) electrons. The first-order valence-electron chi connectivity index (χ1n) is 6.36. The minimum absolute atomic E-state index is 0.000385. The summed E-state index contributed by atoms with van der Waals surface area (Å²) in [5.74, 6) is 0.803. The van der Waals surface area contributed by atoms with Crippen LogP contribution in [0.4, 0.5) is 5.69 Å². The summed E-state index contributed by atoms with van der Waals surface area (Å²) in [7, 11) is 1.62. The highest BCUT2D eigenvalue weighted by molar-refractivity contribution is 14.1. The molecule has 0 unspecified atom stereocenters. The highest BCUT2D eigenvalue weighted by Crippen LogP contribution is 2.30. The van der Waals surface area contributed by atoms with Gasteiger partial charge in [-0.25, -0.2) is 0 Å². The van der Waals surface area contributed by atoms with E-state index in [4.69, 9.17) is 4.74 Å². The van der Waals surface area contributed by atoms with Gasteiger partial charge in [-0.15, -0.1) is 0 Å². The number of halogens is 2.